The Morgan fingerprint density at radius 3 is 2.29 bits per heavy atom. The molecule has 1 aromatic carbocycles. The minimum atomic E-state index is -0.836. The fourth-order valence-electron chi connectivity index (χ4n) is 1.99. The quantitative estimate of drug-likeness (QED) is 0.367. The third-order valence-corrected chi connectivity index (χ3v) is 4.23. The van der Waals surface area contributed by atoms with Gasteiger partial charge >= 0.3 is 11.9 Å². The van der Waals surface area contributed by atoms with Gasteiger partial charge in [0.05, 0.1) is 22.8 Å². The van der Waals surface area contributed by atoms with Gasteiger partial charge in [-0.15, -0.1) is 10.2 Å². The maximum absolute atomic E-state index is 11.5. The number of carbonyl (C=O) groups is 2. The Morgan fingerprint density at radius 2 is 1.71 bits per heavy atom. The molecule has 2 rings (SSSR count). The summed E-state index contributed by atoms with van der Waals surface area (Å²) < 4.78 is 10.0. The zero-order chi connectivity index (χ0) is 20.8. The first-order valence-corrected chi connectivity index (χ1v) is 9.07. The summed E-state index contributed by atoms with van der Waals surface area (Å²) in [5, 5.41) is 8.25. The van der Waals surface area contributed by atoms with Crippen LogP contribution in [0, 0.1) is 0 Å². The molecule has 1 aromatic heterocycles. The van der Waals surface area contributed by atoms with Gasteiger partial charge in [0, 0.05) is 6.07 Å². The highest BCUT2D eigenvalue weighted by Crippen LogP contribution is 2.39. The van der Waals surface area contributed by atoms with Gasteiger partial charge in [-0.3, -0.25) is 4.79 Å². The van der Waals surface area contributed by atoms with E-state index < -0.39 is 18.4 Å². The number of nitrogens with zero attached hydrogens (tertiary/aromatic N) is 2. The number of methoxy groups -OCH3 is 1. The molecule has 150 valence electrons. The zero-order valence-electron chi connectivity index (χ0n) is 15.1. The van der Waals surface area contributed by atoms with Gasteiger partial charge in [0.1, 0.15) is 6.42 Å². The van der Waals surface area contributed by atoms with E-state index in [2.05, 4.69) is 20.4 Å². The first kappa shape index (κ1) is 22.0. The van der Waals surface area contributed by atoms with Crippen molar-refractivity contribution in [3.63, 3.8) is 0 Å². The van der Waals surface area contributed by atoms with Crippen molar-refractivity contribution in [3.05, 3.63) is 39.0 Å². The van der Waals surface area contributed by atoms with Gasteiger partial charge in [0.25, 0.3) is 0 Å². The Labute approximate surface area is 176 Å². The van der Waals surface area contributed by atoms with Crippen LogP contribution in [0.25, 0.3) is 0 Å². The van der Waals surface area contributed by atoms with Crippen molar-refractivity contribution in [2.24, 2.45) is 0 Å². The van der Waals surface area contributed by atoms with E-state index in [1.54, 1.807) is 6.07 Å². The fraction of sp³-hybridized carbons (Fsp3) is 0.294. The lowest BCUT2D eigenvalue weighted by Crippen LogP contribution is -2.15. The number of ether oxygens (including phenoxy) is 2. The molecule has 1 N–H and O–H groups in total. The second-order valence-electron chi connectivity index (χ2n) is 5.78. The summed E-state index contributed by atoms with van der Waals surface area (Å²) in [7, 11) is 1.16. The van der Waals surface area contributed by atoms with Crippen LogP contribution in [0.3, 0.4) is 0 Å². The predicted molar refractivity (Wildman–Crippen MR) is 104 cm³/mol. The molecule has 0 radical (unpaired) electrons. The van der Waals surface area contributed by atoms with Crippen LogP contribution in [0.1, 0.15) is 31.7 Å². The number of benzene rings is 1. The van der Waals surface area contributed by atoms with Crippen molar-refractivity contribution in [1.82, 2.24) is 10.2 Å². The number of rotatable bonds is 7. The second kappa shape index (κ2) is 9.77. The standard InChI is InChI=1S/C17H16Cl3N3O5/c1-8(2)10-6-13(21-22-17(10)20)27-16-11(18)4-9(5-12(16)19)23-28-15(25)7-14(24)26-3/h4-6,8,23H,7H2,1-3H3. The average Bonchev–Trinajstić information content (AvgIpc) is 2.63. The van der Waals surface area contributed by atoms with E-state index in [1.165, 1.54) is 12.1 Å². The summed E-state index contributed by atoms with van der Waals surface area (Å²) in [6, 6.07) is 4.48. The molecule has 28 heavy (non-hydrogen) atoms. The molecule has 11 heteroatoms. The molecular formula is C17H16Cl3N3O5. The molecule has 0 aliphatic heterocycles. The van der Waals surface area contributed by atoms with Gasteiger partial charge in [0.15, 0.2) is 10.9 Å². The molecular weight excluding hydrogens is 433 g/mol. The van der Waals surface area contributed by atoms with Crippen LogP contribution in [-0.4, -0.2) is 29.2 Å². The van der Waals surface area contributed by atoms with Crippen LogP contribution in [0.5, 0.6) is 11.6 Å². The number of aromatic nitrogens is 2. The maximum Gasteiger partial charge on any atom is 0.343 e. The number of halogens is 3. The van der Waals surface area contributed by atoms with Crippen LogP contribution >= 0.6 is 34.8 Å². The first-order valence-electron chi connectivity index (χ1n) is 7.93. The fourth-order valence-corrected chi connectivity index (χ4v) is 2.86. The van der Waals surface area contributed by atoms with Gasteiger partial charge in [-0.2, -0.15) is 0 Å². The third-order valence-electron chi connectivity index (χ3n) is 3.38. The van der Waals surface area contributed by atoms with Crippen molar-refractivity contribution < 1.29 is 23.9 Å². The molecule has 0 aliphatic rings. The smallest absolute Gasteiger partial charge is 0.343 e. The minimum absolute atomic E-state index is 0.113. The second-order valence-corrected chi connectivity index (χ2v) is 6.96. The molecule has 0 spiro atoms. The van der Waals surface area contributed by atoms with E-state index in [0.29, 0.717) is 0 Å². The molecule has 0 amide bonds. The molecule has 0 atom stereocenters. The van der Waals surface area contributed by atoms with Crippen LogP contribution in [-0.2, 0) is 19.2 Å². The predicted octanol–water partition coefficient (Wildman–Crippen LogP) is 4.79. The van der Waals surface area contributed by atoms with E-state index in [0.717, 1.165) is 12.7 Å². The molecule has 0 saturated carbocycles. The number of nitrogens with one attached hydrogen (secondary N) is 1. The molecule has 0 saturated heterocycles. The van der Waals surface area contributed by atoms with Crippen LogP contribution in [0.2, 0.25) is 15.2 Å². The number of hydrogen-bond donors (Lipinski definition) is 1. The highest BCUT2D eigenvalue weighted by atomic mass is 35.5. The van der Waals surface area contributed by atoms with E-state index in [-0.39, 0.29) is 38.4 Å². The summed E-state index contributed by atoms with van der Waals surface area (Å²) >= 11 is 18.4. The van der Waals surface area contributed by atoms with E-state index in [1.807, 2.05) is 13.8 Å². The molecule has 0 fully saturated rings. The van der Waals surface area contributed by atoms with Crippen LogP contribution < -0.4 is 10.2 Å². The lowest BCUT2D eigenvalue weighted by atomic mass is 10.1. The van der Waals surface area contributed by atoms with Gasteiger partial charge in [-0.25, -0.2) is 10.3 Å². The highest BCUT2D eigenvalue weighted by molar-refractivity contribution is 6.37. The van der Waals surface area contributed by atoms with E-state index in [9.17, 15) is 9.59 Å². The molecule has 0 unspecified atom stereocenters. The largest absolute Gasteiger partial charge is 0.469 e. The summed E-state index contributed by atoms with van der Waals surface area (Å²) in [6.45, 7) is 3.91. The summed E-state index contributed by atoms with van der Waals surface area (Å²) in [6.07, 6.45) is -0.542. The normalized spacial score (nSPS) is 10.5. The zero-order valence-corrected chi connectivity index (χ0v) is 17.4. The number of esters is 1. The summed E-state index contributed by atoms with van der Waals surface area (Å²) in [4.78, 5) is 27.2. The van der Waals surface area contributed by atoms with Gasteiger partial charge in [0.2, 0.25) is 5.88 Å². The van der Waals surface area contributed by atoms with Gasteiger partial charge in [-0.1, -0.05) is 48.7 Å². The molecule has 2 aromatic rings. The van der Waals surface area contributed by atoms with Crippen molar-refractivity contribution >= 4 is 52.4 Å². The van der Waals surface area contributed by atoms with Gasteiger partial charge < -0.3 is 14.3 Å². The first-order chi connectivity index (χ1) is 13.2. The topological polar surface area (TPSA) is 99.6 Å². The Balaban J connectivity index is 2.13. The number of carbonyl (C=O) groups excluding carboxylic acids is 2. The Bertz CT molecular complexity index is 869. The monoisotopic (exact) mass is 447 g/mol. The SMILES string of the molecule is COC(=O)CC(=O)ONc1cc(Cl)c(Oc2cc(C(C)C)c(Cl)nn2)c(Cl)c1. The maximum atomic E-state index is 11.5. The van der Waals surface area contributed by atoms with Crippen LogP contribution in [0.15, 0.2) is 18.2 Å². The Kier molecular flexibility index (Phi) is 7.68. The summed E-state index contributed by atoms with van der Waals surface area (Å²) in [5.74, 6) is -1.14. The van der Waals surface area contributed by atoms with Crippen molar-refractivity contribution in [2.45, 2.75) is 26.2 Å². The lowest BCUT2D eigenvalue weighted by Gasteiger charge is -2.13. The molecule has 0 aliphatic carbocycles. The number of hydrogen-bond acceptors (Lipinski definition) is 8. The van der Waals surface area contributed by atoms with E-state index >= 15 is 0 Å². The molecule has 1 heterocycles. The minimum Gasteiger partial charge on any atom is -0.469 e. The van der Waals surface area contributed by atoms with Crippen LogP contribution in [0.4, 0.5) is 5.69 Å². The van der Waals surface area contributed by atoms with E-state index in [4.69, 9.17) is 44.4 Å². The van der Waals surface area contributed by atoms with Gasteiger partial charge in [-0.05, 0) is 23.6 Å². The van der Waals surface area contributed by atoms with Crippen molar-refractivity contribution in [1.29, 1.82) is 0 Å². The molecule has 0 bridgehead atoms. The third kappa shape index (κ3) is 5.85. The number of anilines is 1. The molecule has 8 nitrogen and oxygen atoms in total. The van der Waals surface area contributed by atoms with Crippen molar-refractivity contribution in [3.8, 4) is 11.6 Å². The lowest BCUT2D eigenvalue weighted by molar-refractivity contribution is -0.151. The average molecular weight is 449 g/mol. The Morgan fingerprint density at radius 1 is 1.07 bits per heavy atom. The van der Waals surface area contributed by atoms with Crippen molar-refractivity contribution in [2.75, 3.05) is 12.6 Å². The summed E-state index contributed by atoms with van der Waals surface area (Å²) in [5.41, 5.74) is 3.38. The Hall–Kier alpha value is -2.29. The highest BCUT2D eigenvalue weighted by Gasteiger charge is 2.16.